The molecule has 3 aromatic carbocycles. The molecule has 0 saturated heterocycles. The maximum absolute atomic E-state index is 13.2. The van der Waals surface area contributed by atoms with Crippen LogP contribution < -0.4 is 5.32 Å². The van der Waals surface area contributed by atoms with Gasteiger partial charge in [-0.05, 0) is 36.4 Å². The zero-order valence-electron chi connectivity index (χ0n) is 17.4. The highest BCUT2D eigenvalue weighted by atomic mass is 16.6. The molecule has 0 aliphatic heterocycles. The molecular weight excluding hydrogens is 422 g/mol. The molecule has 0 spiro atoms. The van der Waals surface area contributed by atoms with Gasteiger partial charge in [-0.1, -0.05) is 24.3 Å². The van der Waals surface area contributed by atoms with Crippen molar-refractivity contribution >= 4 is 39.5 Å². The number of hydrogen-bond donors (Lipinski definition) is 3. The topological polar surface area (TPSA) is 133 Å². The lowest BCUT2D eigenvalue weighted by atomic mass is 10.3. The van der Waals surface area contributed by atoms with Crippen molar-refractivity contribution in [3.63, 3.8) is 0 Å². The summed E-state index contributed by atoms with van der Waals surface area (Å²) in [4.78, 5) is 40.8. The Morgan fingerprint density at radius 1 is 0.848 bits per heavy atom. The Labute approximate surface area is 187 Å². The van der Waals surface area contributed by atoms with Gasteiger partial charge in [0.05, 0.1) is 40.1 Å². The molecule has 33 heavy (non-hydrogen) atoms. The number of anilines is 1. The number of nitrogens with one attached hydrogen (secondary N) is 3. The maximum atomic E-state index is 13.2. The highest BCUT2D eigenvalue weighted by Crippen LogP contribution is 2.19. The van der Waals surface area contributed by atoms with E-state index in [0.717, 1.165) is 22.1 Å². The number of H-pyrrole nitrogens is 2. The van der Waals surface area contributed by atoms with Gasteiger partial charge < -0.3 is 20.2 Å². The van der Waals surface area contributed by atoms with Crippen molar-refractivity contribution in [3.8, 4) is 0 Å². The largest absolute Gasteiger partial charge is 0.340 e. The maximum Gasteiger partial charge on any atom is 0.322 e. The number of benzene rings is 3. The van der Waals surface area contributed by atoms with E-state index in [0.29, 0.717) is 17.3 Å². The standard InChI is InChI=1S/C23H19N7O3/c31-23(24-15-9-11-16(12-10-15)30(32)33)29(13-21-25-17-5-1-2-6-18(17)26-21)14-22-27-19-7-3-4-8-20(19)28-22/h1-12H,13-14H2,(H,24,31)(H,25,26)(H,27,28). The van der Waals surface area contributed by atoms with E-state index >= 15 is 0 Å². The number of aromatic nitrogens is 4. The number of aromatic amines is 2. The van der Waals surface area contributed by atoms with Crippen LogP contribution >= 0.6 is 0 Å². The molecule has 0 fully saturated rings. The summed E-state index contributed by atoms with van der Waals surface area (Å²) in [5, 5.41) is 13.7. The average molecular weight is 441 g/mol. The Kier molecular flexibility index (Phi) is 5.15. The lowest BCUT2D eigenvalue weighted by Crippen LogP contribution is -2.34. The van der Waals surface area contributed by atoms with Gasteiger partial charge >= 0.3 is 6.03 Å². The highest BCUT2D eigenvalue weighted by molar-refractivity contribution is 5.89. The molecule has 10 nitrogen and oxygen atoms in total. The number of carbonyl (C=O) groups excluding carboxylic acids is 1. The molecule has 164 valence electrons. The van der Waals surface area contributed by atoms with Gasteiger partial charge in [0.2, 0.25) is 0 Å². The van der Waals surface area contributed by atoms with Gasteiger partial charge in [0, 0.05) is 17.8 Å². The van der Waals surface area contributed by atoms with E-state index in [9.17, 15) is 14.9 Å². The minimum Gasteiger partial charge on any atom is -0.340 e. The van der Waals surface area contributed by atoms with E-state index in [2.05, 4.69) is 25.3 Å². The molecule has 5 rings (SSSR count). The van der Waals surface area contributed by atoms with Gasteiger partial charge in [-0.3, -0.25) is 10.1 Å². The number of nitro benzene ring substituents is 1. The summed E-state index contributed by atoms with van der Waals surface area (Å²) < 4.78 is 0. The Morgan fingerprint density at radius 2 is 1.36 bits per heavy atom. The summed E-state index contributed by atoms with van der Waals surface area (Å²) in [7, 11) is 0. The monoisotopic (exact) mass is 441 g/mol. The highest BCUT2D eigenvalue weighted by Gasteiger charge is 2.19. The van der Waals surface area contributed by atoms with E-state index < -0.39 is 4.92 Å². The van der Waals surface area contributed by atoms with Crippen molar-refractivity contribution in [1.82, 2.24) is 24.8 Å². The fourth-order valence-electron chi connectivity index (χ4n) is 3.59. The number of rotatable bonds is 6. The smallest absolute Gasteiger partial charge is 0.322 e. The van der Waals surface area contributed by atoms with Crippen LogP contribution in [0.4, 0.5) is 16.2 Å². The van der Waals surface area contributed by atoms with E-state index in [1.165, 1.54) is 24.3 Å². The number of non-ortho nitro benzene ring substituents is 1. The average Bonchev–Trinajstić information content (AvgIpc) is 3.41. The summed E-state index contributed by atoms with van der Waals surface area (Å²) in [6.07, 6.45) is 0. The van der Waals surface area contributed by atoms with Gasteiger partial charge in [0.1, 0.15) is 11.6 Å². The van der Waals surface area contributed by atoms with Gasteiger partial charge in [-0.25, -0.2) is 14.8 Å². The molecule has 10 heteroatoms. The first-order chi connectivity index (χ1) is 16.0. The molecule has 0 aliphatic rings. The lowest BCUT2D eigenvalue weighted by Gasteiger charge is -2.21. The number of hydrogen-bond acceptors (Lipinski definition) is 5. The first-order valence-corrected chi connectivity index (χ1v) is 10.2. The SMILES string of the molecule is O=C(Nc1ccc([N+](=O)[O-])cc1)N(Cc1nc2ccccc2[nH]1)Cc1nc2ccccc2[nH]1. The number of nitrogens with zero attached hydrogens (tertiary/aromatic N) is 4. The summed E-state index contributed by atoms with van der Waals surface area (Å²) in [6, 6.07) is 20.6. The van der Waals surface area contributed by atoms with Crippen LogP contribution in [0.5, 0.6) is 0 Å². The van der Waals surface area contributed by atoms with Crippen LogP contribution in [0.1, 0.15) is 11.6 Å². The van der Waals surface area contributed by atoms with Gasteiger partial charge in [0.15, 0.2) is 0 Å². The molecule has 0 bridgehead atoms. The Morgan fingerprint density at radius 3 is 1.85 bits per heavy atom. The van der Waals surface area contributed by atoms with Crippen LogP contribution in [0.15, 0.2) is 72.8 Å². The number of imidazole rings is 2. The van der Waals surface area contributed by atoms with Gasteiger partial charge in [-0.15, -0.1) is 0 Å². The Hall–Kier alpha value is -4.73. The summed E-state index contributed by atoms with van der Waals surface area (Å²) in [5.74, 6) is 1.26. The molecule has 2 aromatic heterocycles. The fraction of sp³-hybridized carbons (Fsp3) is 0.0870. The normalized spacial score (nSPS) is 11.0. The van der Waals surface area contributed by atoms with Crippen molar-refractivity contribution in [2.75, 3.05) is 5.32 Å². The van der Waals surface area contributed by atoms with E-state index in [1.807, 2.05) is 48.5 Å². The number of fused-ring (bicyclic) bond motifs is 2. The van der Waals surface area contributed by atoms with Crippen molar-refractivity contribution < 1.29 is 9.72 Å². The van der Waals surface area contributed by atoms with Crippen LogP contribution in [-0.4, -0.2) is 35.8 Å². The number of nitro groups is 1. The van der Waals surface area contributed by atoms with E-state index in [-0.39, 0.29) is 24.8 Å². The second-order valence-electron chi connectivity index (χ2n) is 7.49. The molecule has 2 amide bonds. The molecule has 0 unspecified atom stereocenters. The second kappa shape index (κ2) is 8.42. The number of carbonyl (C=O) groups is 1. The number of urea groups is 1. The molecule has 0 saturated carbocycles. The summed E-state index contributed by atoms with van der Waals surface area (Å²) in [6.45, 7) is 0.426. The molecule has 3 N–H and O–H groups in total. The van der Waals surface area contributed by atoms with Crippen molar-refractivity contribution in [1.29, 1.82) is 0 Å². The van der Waals surface area contributed by atoms with Crippen LogP contribution in [0.3, 0.4) is 0 Å². The molecule has 0 radical (unpaired) electrons. The van der Waals surface area contributed by atoms with Crippen molar-refractivity contribution in [3.05, 3.63) is 94.6 Å². The lowest BCUT2D eigenvalue weighted by molar-refractivity contribution is -0.384. The number of para-hydroxylation sites is 4. The Bertz CT molecular complexity index is 1310. The molecule has 0 aliphatic carbocycles. The minimum atomic E-state index is -0.485. The first-order valence-electron chi connectivity index (χ1n) is 10.2. The molecule has 5 aromatic rings. The van der Waals surface area contributed by atoms with Gasteiger partial charge in [0.25, 0.3) is 5.69 Å². The molecular formula is C23H19N7O3. The zero-order valence-corrected chi connectivity index (χ0v) is 17.4. The predicted octanol–water partition coefficient (Wildman–Crippen LogP) is 4.58. The Balaban J connectivity index is 1.41. The molecule has 0 atom stereocenters. The predicted molar refractivity (Wildman–Crippen MR) is 124 cm³/mol. The fourth-order valence-corrected chi connectivity index (χ4v) is 3.59. The first kappa shape index (κ1) is 20.2. The van der Waals surface area contributed by atoms with Crippen LogP contribution in [-0.2, 0) is 13.1 Å². The van der Waals surface area contributed by atoms with Gasteiger partial charge in [-0.2, -0.15) is 0 Å². The third-order valence-electron chi connectivity index (χ3n) is 5.17. The quantitative estimate of drug-likeness (QED) is 0.262. The third kappa shape index (κ3) is 4.35. The van der Waals surface area contributed by atoms with Crippen LogP contribution in [0.2, 0.25) is 0 Å². The second-order valence-corrected chi connectivity index (χ2v) is 7.49. The zero-order chi connectivity index (χ0) is 22.8. The van der Waals surface area contributed by atoms with E-state index in [4.69, 9.17) is 0 Å². The van der Waals surface area contributed by atoms with Crippen molar-refractivity contribution in [2.24, 2.45) is 0 Å². The number of amides is 2. The van der Waals surface area contributed by atoms with Crippen LogP contribution in [0.25, 0.3) is 22.1 Å². The minimum absolute atomic E-state index is 0.0468. The third-order valence-corrected chi connectivity index (χ3v) is 5.17. The van der Waals surface area contributed by atoms with Crippen molar-refractivity contribution in [2.45, 2.75) is 13.1 Å². The van der Waals surface area contributed by atoms with E-state index in [1.54, 1.807) is 4.90 Å². The summed E-state index contributed by atoms with van der Waals surface area (Å²) in [5.41, 5.74) is 3.79. The summed E-state index contributed by atoms with van der Waals surface area (Å²) >= 11 is 0. The van der Waals surface area contributed by atoms with Crippen LogP contribution in [0, 0.1) is 10.1 Å². The molecule has 2 heterocycles.